The second-order valence-electron chi connectivity index (χ2n) is 8.14. The summed E-state index contributed by atoms with van der Waals surface area (Å²) in [6.07, 6.45) is 3.55. The molecule has 28 heavy (non-hydrogen) atoms. The number of amides is 1. The van der Waals surface area contributed by atoms with E-state index in [1.165, 1.54) is 23.3 Å². The Hall–Kier alpha value is -2.06. The molecular weight excluding hydrogens is 372 g/mol. The van der Waals surface area contributed by atoms with Crippen molar-refractivity contribution < 1.29 is 9.69 Å². The van der Waals surface area contributed by atoms with Gasteiger partial charge in [-0.1, -0.05) is 6.92 Å². The molecule has 1 N–H and O–H groups in total. The molecule has 0 saturated carbocycles. The number of piperazine rings is 1. The van der Waals surface area contributed by atoms with Crippen LogP contribution in [0.4, 0.5) is 0 Å². The van der Waals surface area contributed by atoms with Gasteiger partial charge in [0, 0.05) is 4.88 Å². The van der Waals surface area contributed by atoms with Crippen LogP contribution in [0.15, 0.2) is 0 Å². The summed E-state index contributed by atoms with van der Waals surface area (Å²) in [5, 5.41) is 5.70. The van der Waals surface area contributed by atoms with Crippen LogP contribution >= 0.6 is 11.3 Å². The monoisotopic (exact) mass is 399 g/mol. The smallest absolute Gasteiger partial charge is 0.293 e. The maximum atomic E-state index is 13.1. The molecule has 0 aromatic carbocycles. The summed E-state index contributed by atoms with van der Waals surface area (Å²) in [6, 6.07) is 0. The van der Waals surface area contributed by atoms with Gasteiger partial charge in [0.05, 0.1) is 38.1 Å². The maximum absolute atomic E-state index is 13.1. The minimum Gasteiger partial charge on any atom is -0.332 e. The zero-order valence-corrected chi connectivity index (χ0v) is 17.6. The topological polar surface area (TPSA) is 67.8 Å². The molecule has 1 fully saturated rings. The fourth-order valence-electron chi connectivity index (χ4n) is 4.70. The van der Waals surface area contributed by atoms with Crippen molar-refractivity contribution in [2.24, 2.45) is 0 Å². The van der Waals surface area contributed by atoms with Gasteiger partial charge in [-0.15, -0.1) is 16.4 Å². The highest BCUT2D eigenvalue weighted by atomic mass is 32.1. The van der Waals surface area contributed by atoms with Crippen molar-refractivity contribution in [1.82, 2.24) is 24.5 Å². The van der Waals surface area contributed by atoms with Crippen molar-refractivity contribution in [2.75, 3.05) is 32.7 Å². The molecule has 148 valence electrons. The molecule has 7 nitrogen and oxygen atoms in total. The Kier molecular flexibility index (Phi) is 4.35. The van der Waals surface area contributed by atoms with E-state index in [4.69, 9.17) is 9.97 Å². The quantitative estimate of drug-likeness (QED) is 0.708. The Morgan fingerprint density at radius 3 is 2.82 bits per heavy atom. The Balaban J connectivity index is 1.59. The highest BCUT2D eigenvalue weighted by molar-refractivity contribution is 7.19. The van der Waals surface area contributed by atoms with Gasteiger partial charge < -0.3 is 9.80 Å². The normalized spacial score (nSPS) is 20.8. The van der Waals surface area contributed by atoms with Gasteiger partial charge in [-0.25, -0.2) is 9.97 Å². The molecule has 0 radical (unpaired) electrons. The number of likely N-dealkylation sites (N-methyl/N-ethyl adjacent to an activating group) is 1. The number of fused-ring (bicyclic) bond motifs is 5. The zero-order chi connectivity index (χ0) is 19.4. The van der Waals surface area contributed by atoms with Crippen LogP contribution in [0.3, 0.4) is 0 Å². The molecule has 1 aliphatic heterocycles. The van der Waals surface area contributed by atoms with Crippen LogP contribution in [-0.2, 0) is 6.42 Å². The van der Waals surface area contributed by atoms with Crippen molar-refractivity contribution in [3.8, 4) is 0 Å². The molecular formula is C20H27N6OS+. The van der Waals surface area contributed by atoms with Crippen LogP contribution in [0.5, 0.6) is 0 Å². The van der Waals surface area contributed by atoms with Crippen LogP contribution in [0.25, 0.3) is 15.9 Å². The minimum atomic E-state index is -0.0523. The van der Waals surface area contributed by atoms with Gasteiger partial charge in [-0.05, 0) is 44.6 Å². The number of thiophene rings is 1. The van der Waals surface area contributed by atoms with Crippen molar-refractivity contribution >= 4 is 33.1 Å². The average molecular weight is 400 g/mol. The molecule has 0 bridgehead atoms. The molecule has 4 heterocycles. The summed E-state index contributed by atoms with van der Waals surface area (Å²) in [4.78, 5) is 28.5. The molecule has 0 spiro atoms. The van der Waals surface area contributed by atoms with E-state index in [2.05, 4.69) is 18.9 Å². The fraction of sp³-hybridized carbons (Fsp3) is 0.600. The van der Waals surface area contributed by atoms with E-state index in [0.717, 1.165) is 60.8 Å². The van der Waals surface area contributed by atoms with Crippen LogP contribution in [0, 0.1) is 6.92 Å². The predicted molar refractivity (Wildman–Crippen MR) is 109 cm³/mol. The summed E-state index contributed by atoms with van der Waals surface area (Å²) in [7, 11) is 0. The molecule has 1 aliphatic carbocycles. The van der Waals surface area contributed by atoms with Crippen molar-refractivity contribution in [2.45, 2.75) is 46.0 Å². The van der Waals surface area contributed by atoms with Crippen LogP contribution in [-0.4, -0.2) is 63.1 Å². The lowest BCUT2D eigenvalue weighted by molar-refractivity contribution is -0.902. The minimum absolute atomic E-state index is 0.0523. The molecule has 0 unspecified atom stereocenters. The number of carbonyl (C=O) groups is 1. The Bertz CT molecular complexity index is 1060. The summed E-state index contributed by atoms with van der Waals surface area (Å²) in [5.74, 6) is 1.55. The SMILES string of the molecule is CC[NH+]1CCN(C(=O)c2nc3c4c5c(sc4nc(C)n3n2)CCC[C@@H]5C)CC1. The van der Waals surface area contributed by atoms with Gasteiger partial charge in [0.15, 0.2) is 5.65 Å². The Morgan fingerprint density at radius 1 is 1.29 bits per heavy atom. The first-order valence-corrected chi connectivity index (χ1v) is 11.2. The molecule has 1 saturated heterocycles. The lowest BCUT2D eigenvalue weighted by atomic mass is 9.87. The molecule has 1 atom stereocenters. The predicted octanol–water partition coefficient (Wildman–Crippen LogP) is 1.45. The number of hydrogen-bond donors (Lipinski definition) is 1. The van der Waals surface area contributed by atoms with Gasteiger partial charge in [-0.2, -0.15) is 4.52 Å². The van der Waals surface area contributed by atoms with E-state index in [-0.39, 0.29) is 5.91 Å². The van der Waals surface area contributed by atoms with E-state index in [9.17, 15) is 4.79 Å². The highest BCUT2D eigenvalue weighted by Crippen LogP contribution is 2.42. The molecule has 5 rings (SSSR count). The number of nitrogens with zero attached hydrogens (tertiary/aromatic N) is 5. The molecule has 3 aromatic heterocycles. The number of aromatic nitrogens is 4. The molecule has 2 aliphatic rings. The van der Waals surface area contributed by atoms with E-state index < -0.39 is 0 Å². The number of rotatable bonds is 2. The first-order chi connectivity index (χ1) is 13.6. The summed E-state index contributed by atoms with van der Waals surface area (Å²) in [5.41, 5.74) is 2.19. The largest absolute Gasteiger partial charge is 0.332 e. The van der Waals surface area contributed by atoms with Gasteiger partial charge in [0.2, 0.25) is 5.82 Å². The fourth-order valence-corrected chi connectivity index (χ4v) is 6.07. The van der Waals surface area contributed by atoms with Gasteiger partial charge >= 0.3 is 0 Å². The Morgan fingerprint density at radius 2 is 2.07 bits per heavy atom. The maximum Gasteiger partial charge on any atom is 0.293 e. The van der Waals surface area contributed by atoms with Crippen LogP contribution in [0.2, 0.25) is 0 Å². The second kappa shape index (κ2) is 6.77. The molecule has 3 aromatic rings. The van der Waals surface area contributed by atoms with E-state index in [1.54, 1.807) is 20.8 Å². The van der Waals surface area contributed by atoms with Gasteiger partial charge in [-0.3, -0.25) is 4.79 Å². The highest BCUT2D eigenvalue weighted by Gasteiger charge is 2.29. The lowest BCUT2D eigenvalue weighted by Crippen LogP contribution is -3.14. The van der Waals surface area contributed by atoms with Crippen molar-refractivity contribution in [3.05, 3.63) is 22.1 Å². The van der Waals surface area contributed by atoms with Crippen molar-refractivity contribution in [1.29, 1.82) is 0 Å². The standard InChI is InChI=1S/C20H26N6OS/c1-4-24-8-10-25(11-9-24)20(27)17-22-18-16-15-12(2)6-5-7-14(15)28-19(16)21-13(3)26(18)23-17/h12H,4-11H2,1-3H3/p+1/t12-/m0/s1. The zero-order valence-electron chi connectivity index (χ0n) is 16.8. The number of aryl methyl sites for hydroxylation is 2. The number of hydrogen-bond acceptors (Lipinski definition) is 5. The summed E-state index contributed by atoms with van der Waals surface area (Å²) < 4.78 is 1.78. The summed E-state index contributed by atoms with van der Waals surface area (Å²) >= 11 is 1.79. The molecule has 8 heteroatoms. The number of quaternary nitrogens is 1. The van der Waals surface area contributed by atoms with E-state index >= 15 is 0 Å². The van der Waals surface area contributed by atoms with E-state index in [0.29, 0.717) is 11.7 Å². The van der Waals surface area contributed by atoms with Gasteiger partial charge in [0.25, 0.3) is 5.91 Å². The van der Waals surface area contributed by atoms with E-state index in [1.807, 2.05) is 11.8 Å². The number of nitrogens with one attached hydrogen (secondary N) is 1. The third kappa shape index (κ3) is 2.73. The van der Waals surface area contributed by atoms with Crippen LogP contribution in [0.1, 0.15) is 59.5 Å². The molecule has 1 amide bonds. The van der Waals surface area contributed by atoms with Crippen LogP contribution < -0.4 is 4.90 Å². The second-order valence-corrected chi connectivity index (χ2v) is 9.22. The van der Waals surface area contributed by atoms with Gasteiger partial charge in [0.1, 0.15) is 10.7 Å². The first-order valence-electron chi connectivity index (χ1n) is 10.4. The first kappa shape index (κ1) is 18.0. The number of carbonyl (C=O) groups excluding carboxylic acids is 1. The lowest BCUT2D eigenvalue weighted by Gasteiger charge is -2.30. The average Bonchev–Trinajstić information content (AvgIpc) is 3.30. The third-order valence-electron chi connectivity index (χ3n) is 6.39. The summed E-state index contributed by atoms with van der Waals surface area (Å²) in [6.45, 7) is 11.1. The van der Waals surface area contributed by atoms with Crippen molar-refractivity contribution in [3.63, 3.8) is 0 Å². The third-order valence-corrected chi connectivity index (χ3v) is 7.55. The Labute approximate surface area is 168 Å².